The van der Waals surface area contributed by atoms with E-state index in [1.165, 1.54) is 18.5 Å². The van der Waals surface area contributed by atoms with Crippen LogP contribution in [0.1, 0.15) is 47.8 Å². The Morgan fingerprint density at radius 1 is 1.13 bits per heavy atom. The molecule has 0 radical (unpaired) electrons. The number of hydrogen-bond donors (Lipinski definition) is 2. The topological polar surface area (TPSA) is 90.7 Å². The molecular formula is C26H31ClF3N5O3. The minimum absolute atomic E-state index is 0.118. The number of rotatable bonds is 5. The number of fused-ring (bicyclic) bond motifs is 1. The normalized spacial score (nSPS) is 28.0. The number of benzene rings is 1. The molecule has 8 nitrogen and oxygen atoms in total. The second kappa shape index (κ2) is 9.84. The molecule has 2 amide bonds. The Labute approximate surface area is 223 Å². The van der Waals surface area contributed by atoms with Crippen molar-refractivity contribution in [1.82, 2.24) is 19.4 Å². The van der Waals surface area contributed by atoms with Crippen LogP contribution in [-0.2, 0) is 11.8 Å². The van der Waals surface area contributed by atoms with Crippen LogP contribution in [0.4, 0.5) is 18.9 Å². The Balaban J connectivity index is 1.27. The van der Waals surface area contributed by atoms with Crippen LogP contribution in [0.15, 0.2) is 24.5 Å². The van der Waals surface area contributed by atoms with E-state index in [0.29, 0.717) is 43.0 Å². The Kier molecular flexibility index (Phi) is 6.98. The predicted octanol–water partition coefficient (Wildman–Crippen LogP) is 3.51. The van der Waals surface area contributed by atoms with E-state index < -0.39 is 29.2 Å². The van der Waals surface area contributed by atoms with Gasteiger partial charge in [-0.1, -0.05) is 11.6 Å². The van der Waals surface area contributed by atoms with E-state index >= 15 is 8.78 Å². The van der Waals surface area contributed by atoms with Gasteiger partial charge in [0, 0.05) is 44.8 Å². The minimum atomic E-state index is -3.87. The summed E-state index contributed by atoms with van der Waals surface area (Å²) in [6.45, 7) is 1.46. The third kappa shape index (κ3) is 4.69. The first-order chi connectivity index (χ1) is 17.9. The van der Waals surface area contributed by atoms with Crippen LogP contribution in [0.25, 0.3) is 0 Å². The van der Waals surface area contributed by atoms with Crippen molar-refractivity contribution in [2.24, 2.45) is 18.9 Å². The quantitative estimate of drug-likeness (QED) is 0.591. The predicted molar refractivity (Wildman–Crippen MR) is 135 cm³/mol. The van der Waals surface area contributed by atoms with Gasteiger partial charge >= 0.3 is 5.92 Å². The van der Waals surface area contributed by atoms with Crippen molar-refractivity contribution in [2.75, 3.05) is 38.5 Å². The zero-order valence-electron chi connectivity index (χ0n) is 21.3. The Bertz CT molecular complexity index is 1230. The number of alkyl halides is 2. The SMILES string of the molecule is CN1CCN(C(=O)C(F)(F)C2(O)CC3CC(c4ncn(C)c4C(=O)Nc4ccc(F)c(Cl)c4)CC3C2)CC1. The molecule has 1 aliphatic heterocycles. The number of nitrogens with one attached hydrogen (secondary N) is 1. The summed E-state index contributed by atoms with van der Waals surface area (Å²) in [4.78, 5) is 33.4. The summed E-state index contributed by atoms with van der Waals surface area (Å²) in [5, 5.41) is 13.7. The summed E-state index contributed by atoms with van der Waals surface area (Å²) >= 11 is 5.82. The van der Waals surface area contributed by atoms with E-state index in [-0.39, 0.29) is 48.7 Å². The number of likely N-dealkylation sites (N-methyl/N-ethyl adjacent to an activating group) is 1. The monoisotopic (exact) mass is 553 g/mol. The van der Waals surface area contributed by atoms with Crippen LogP contribution in [-0.4, -0.2) is 81.0 Å². The molecule has 0 bridgehead atoms. The number of aryl methyl sites for hydroxylation is 1. The van der Waals surface area contributed by atoms with Gasteiger partial charge in [-0.05, 0) is 62.8 Å². The Hall–Kier alpha value is -2.63. The zero-order valence-corrected chi connectivity index (χ0v) is 22.0. The molecule has 38 heavy (non-hydrogen) atoms. The number of nitrogens with zero attached hydrogens (tertiary/aromatic N) is 4. The average molecular weight is 554 g/mol. The summed E-state index contributed by atoms with van der Waals surface area (Å²) in [6.07, 6.45) is 2.12. The molecule has 1 saturated heterocycles. The second-order valence-electron chi connectivity index (χ2n) is 11.0. The van der Waals surface area contributed by atoms with Crippen LogP contribution in [0.2, 0.25) is 5.02 Å². The lowest BCUT2D eigenvalue weighted by atomic mass is 9.87. The third-order valence-corrected chi connectivity index (χ3v) is 8.72. The van der Waals surface area contributed by atoms with Crippen molar-refractivity contribution < 1.29 is 27.9 Å². The highest BCUT2D eigenvalue weighted by atomic mass is 35.5. The van der Waals surface area contributed by atoms with Gasteiger partial charge in [0.25, 0.3) is 11.8 Å². The van der Waals surface area contributed by atoms with Gasteiger partial charge < -0.3 is 24.8 Å². The molecule has 12 heteroatoms. The molecule has 2 N–H and O–H groups in total. The highest BCUT2D eigenvalue weighted by Crippen LogP contribution is 2.57. The van der Waals surface area contributed by atoms with Gasteiger partial charge in [-0.2, -0.15) is 8.78 Å². The molecule has 5 rings (SSSR count). The van der Waals surface area contributed by atoms with E-state index in [1.54, 1.807) is 11.6 Å². The van der Waals surface area contributed by atoms with Crippen molar-refractivity contribution in [3.05, 3.63) is 46.8 Å². The summed E-state index contributed by atoms with van der Waals surface area (Å²) in [7, 11) is 3.55. The first-order valence-electron chi connectivity index (χ1n) is 12.8. The maximum atomic E-state index is 15.4. The van der Waals surface area contributed by atoms with Gasteiger partial charge in [0.05, 0.1) is 17.0 Å². The molecule has 2 aliphatic carbocycles. The van der Waals surface area contributed by atoms with Gasteiger partial charge in [-0.3, -0.25) is 9.59 Å². The highest BCUT2D eigenvalue weighted by molar-refractivity contribution is 6.31. The molecule has 3 fully saturated rings. The van der Waals surface area contributed by atoms with Gasteiger partial charge in [0.1, 0.15) is 17.1 Å². The zero-order chi connectivity index (χ0) is 27.4. The van der Waals surface area contributed by atoms with E-state index in [0.717, 1.165) is 11.0 Å². The molecule has 206 valence electrons. The van der Waals surface area contributed by atoms with Crippen molar-refractivity contribution in [1.29, 1.82) is 0 Å². The number of aromatic nitrogens is 2. The summed E-state index contributed by atoms with van der Waals surface area (Å²) < 4.78 is 45.9. The molecule has 1 aromatic heterocycles. The van der Waals surface area contributed by atoms with Crippen LogP contribution >= 0.6 is 11.6 Å². The van der Waals surface area contributed by atoms with Crippen LogP contribution in [0.3, 0.4) is 0 Å². The molecule has 1 aromatic carbocycles. The minimum Gasteiger partial charge on any atom is -0.383 e. The standard InChI is InChI=1S/C26H31ClF3N5O3/c1-33-5-7-35(8-6-33)24(37)26(29,30)25(38)12-16-9-15(10-17(16)13-25)21-22(34(2)14-31-21)23(36)32-18-3-4-20(28)19(27)11-18/h3-4,11,14-17,38H,5-10,12-13H2,1-2H3,(H,32,36). The molecule has 2 saturated carbocycles. The molecule has 2 atom stereocenters. The third-order valence-electron chi connectivity index (χ3n) is 8.43. The van der Waals surface area contributed by atoms with Crippen molar-refractivity contribution in [3.8, 4) is 0 Å². The number of piperazine rings is 1. The number of halogens is 4. The van der Waals surface area contributed by atoms with Gasteiger partial charge in [0.15, 0.2) is 0 Å². The molecule has 2 unspecified atom stereocenters. The fraction of sp³-hybridized carbons (Fsp3) is 0.577. The number of aliphatic hydroxyl groups is 1. The highest BCUT2D eigenvalue weighted by Gasteiger charge is 2.65. The molecule has 2 aromatic rings. The van der Waals surface area contributed by atoms with Gasteiger partial charge in [-0.25, -0.2) is 9.37 Å². The maximum Gasteiger partial charge on any atom is 0.352 e. The largest absolute Gasteiger partial charge is 0.383 e. The van der Waals surface area contributed by atoms with Crippen LogP contribution in [0.5, 0.6) is 0 Å². The van der Waals surface area contributed by atoms with Crippen molar-refractivity contribution in [2.45, 2.75) is 43.1 Å². The van der Waals surface area contributed by atoms with E-state index in [9.17, 15) is 19.1 Å². The summed E-state index contributed by atoms with van der Waals surface area (Å²) in [6, 6.07) is 3.88. The molecule has 2 heterocycles. The fourth-order valence-corrected chi connectivity index (χ4v) is 6.52. The molecular weight excluding hydrogens is 523 g/mol. The average Bonchev–Trinajstić information content (AvgIpc) is 3.52. The number of amides is 2. The lowest BCUT2D eigenvalue weighted by molar-refractivity contribution is -0.203. The van der Waals surface area contributed by atoms with Crippen LogP contribution in [0, 0.1) is 17.7 Å². The number of hydrogen-bond acceptors (Lipinski definition) is 5. The summed E-state index contributed by atoms with van der Waals surface area (Å²) in [5.74, 6) is -6.80. The van der Waals surface area contributed by atoms with E-state index in [1.807, 2.05) is 11.9 Å². The Morgan fingerprint density at radius 3 is 2.37 bits per heavy atom. The maximum absolute atomic E-state index is 15.4. The first-order valence-corrected chi connectivity index (χ1v) is 13.1. The number of carbonyl (C=O) groups is 2. The van der Waals surface area contributed by atoms with Gasteiger partial charge in [-0.15, -0.1) is 0 Å². The second-order valence-corrected chi connectivity index (χ2v) is 11.4. The van der Waals surface area contributed by atoms with Crippen LogP contribution < -0.4 is 5.32 Å². The van der Waals surface area contributed by atoms with Crippen molar-refractivity contribution >= 4 is 29.1 Å². The van der Waals surface area contributed by atoms with E-state index in [4.69, 9.17) is 11.6 Å². The number of anilines is 1. The Morgan fingerprint density at radius 2 is 1.76 bits per heavy atom. The smallest absolute Gasteiger partial charge is 0.352 e. The summed E-state index contributed by atoms with van der Waals surface area (Å²) in [5.41, 5.74) is -1.19. The lowest BCUT2D eigenvalue weighted by Gasteiger charge is -2.39. The molecule has 3 aliphatic rings. The first kappa shape index (κ1) is 27.0. The lowest BCUT2D eigenvalue weighted by Crippen LogP contribution is -2.60. The van der Waals surface area contributed by atoms with Gasteiger partial charge in [0.2, 0.25) is 0 Å². The molecule has 0 spiro atoms. The fourth-order valence-electron chi connectivity index (χ4n) is 6.34. The van der Waals surface area contributed by atoms with E-state index in [2.05, 4.69) is 10.3 Å². The number of imidazole rings is 1. The van der Waals surface area contributed by atoms with Crippen molar-refractivity contribution in [3.63, 3.8) is 0 Å². The number of carbonyl (C=O) groups excluding carboxylic acids is 2.